The molecule has 2 aliphatic heterocycles. The summed E-state index contributed by atoms with van der Waals surface area (Å²) >= 11 is 0. The van der Waals surface area contributed by atoms with E-state index in [0.717, 1.165) is 51.6 Å². The van der Waals surface area contributed by atoms with E-state index in [0.29, 0.717) is 6.04 Å². The minimum Gasteiger partial charge on any atom is -0.373 e. The van der Waals surface area contributed by atoms with Crippen molar-refractivity contribution in [3.8, 4) is 0 Å². The number of ether oxygens (including phenoxy) is 1. The summed E-state index contributed by atoms with van der Waals surface area (Å²) in [7, 11) is 2.10. The Morgan fingerprint density at radius 3 is 3.09 bits per heavy atom. The van der Waals surface area contributed by atoms with Crippen molar-refractivity contribution in [2.45, 2.75) is 44.8 Å². The van der Waals surface area contributed by atoms with Gasteiger partial charge >= 0.3 is 0 Å². The molecule has 134 valence electrons. The van der Waals surface area contributed by atoms with Crippen LogP contribution in [0.15, 0.2) is 17.6 Å². The number of fused-ring (bicyclic) bond motifs is 1. The van der Waals surface area contributed by atoms with E-state index < -0.39 is 0 Å². The summed E-state index contributed by atoms with van der Waals surface area (Å²) in [6.07, 6.45) is 6.99. The fourth-order valence-corrected chi connectivity index (χ4v) is 3.23. The molecule has 0 aromatic carbocycles. The van der Waals surface area contributed by atoms with Crippen molar-refractivity contribution in [2.75, 3.05) is 46.4 Å². The lowest BCUT2D eigenvalue weighted by atomic mass is 10.2. The standard InChI is InChI=1S/C17H32N4O.HI/c1-4-6-7-10-20(3)17(18-5-2)19-12-16-13-21-11-8-9-15(21)14-22-16;/h4,15-16H,1,5-14H2,2-3H3,(H,18,19);1H. The first-order valence-electron chi connectivity index (χ1n) is 8.70. The average molecular weight is 436 g/mol. The van der Waals surface area contributed by atoms with Crippen LogP contribution in [0.1, 0.15) is 32.6 Å². The maximum absolute atomic E-state index is 5.99. The maximum Gasteiger partial charge on any atom is 0.193 e. The van der Waals surface area contributed by atoms with Crippen molar-refractivity contribution in [3.63, 3.8) is 0 Å². The van der Waals surface area contributed by atoms with Gasteiger partial charge in [-0.3, -0.25) is 9.89 Å². The zero-order valence-electron chi connectivity index (χ0n) is 14.7. The molecule has 6 heteroatoms. The molecule has 2 saturated heterocycles. The number of halogens is 1. The molecule has 0 saturated carbocycles. The Balaban J connectivity index is 0.00000264. The molecule has 1 N–H and O–H groups in total. The van der Waals surface area contributed by atoms with Gasteiger partial charge in [0.1, 0.15) is 0 Å². The molecule has 2 aliphatic rings. The van der Waals surface area contributed by atoms with Crippen molar-refractivity contribution in [3.05, 3.63) is 12.7 Å². The Labute approximate surface area is 158 Å². The van der Waals surface area contributed by atoms with Crippen LogP contribution in [0.25, 0.3) is 0 Å². The third-order valence-electron chi connectivity index (χ3n) is 4.50. The van der Waals surface area contributed by atoms with Crippen LogP contribution in [0, 0.1) is 0 Å². The van der Waals surface area contributed by atoms with Gasteiger partial charge in [-0.05, 0) is 39.2 Å². The van der Waals surface area contributed by atoms with E-state index in [2.05, 4.69) is 35.7 Å². The first-order chi connectivity index (χ1) is 10.7. The number of nitrogens with zero attached hydrogens (tertiary/aromatic N) is 3. The molecule has 0 amide bonds. The lowest BCUT2D eigenvalue weighted by molar-refractivity contribution is -0.0432. The van der Waals surface area contributed by atoms with Crippen LogP contribution in [-0.4, -0.2) is 74.3 Å². The zero-order chi connectivity index (χ0) is 15.8. The Hall–Kier alpha value is -0.340. The van der Waals surface area contributed by atoms with Crippen LogP contribution in [0.2, 0.25) is 0 Å². The number of unbranched alkanes of at least 4 members (excludes halogenated alkanes) is 1. The van der Waals surface area contributed by atoms with E-state index in [1.807, 2.05) is 6.08 Å². The molecular formula is C17H33IN4O. The Morgan fingerprint density at radius 2 is 2.35 bits per heavy atom. The third kappa shape index (κ3) is 6.58. The monoisotopic (exact) mass is 436 g/mol. The van der Waals surface area contributed by atoms with Gasteiger partial charge in [0, 0.05) is 32.7 Å². The fourth-order valence-electron chi connectivity index (χ4n) is 3.23. The molecule has 2 heterocycles. The predicted octanol–water partition coefficient (Wildman–Crippen LogP) is 2.33. The lowest BCUT2D eigenvalue weighted by Crippen LogP contribution is -2.47. The van der Waals surface area contributed by atoms with Gasteiger partial charge in [0.25, 0.3) is 0 Å². The summed E-state index contributed by atoms with van der Waals surface area (Å²) in [5, 5.41) is 3.38. The Bertz CT molecular complexity index is 378. The van der Waals surface area contributed by atoms with Crippen molar-refractivity contribution in [1.82, 2.24) is 15.1 Å². The second-order valence-electron chi connectivity index (χ2n) is 6.29. The number of rotatable bonds is 7. The normalized spacial score (nSPS) is 24.7. The molecule has 2 atom stereocenters. The molecule has 2 unspecified atom stereocenters. The highest BCUT2D eigenvalue weighted by Gasteiger charge is 2.32. The molecule has 2 rings (SSSR count). The number of hydrogen-bond acceptors (Lipinski definition) is 3. The van der Waals surface area contributed by atoms with Gasteiger partial charge < -0.3 is 15.0 Å². The first kappa shape index (κ1) is 20.7. The third-order valence-corrected chi connectivity index (χ3v) is 4.50. The molecule has 23 heavy (non-hydrogen) atoms. The van der Waals surface area contributed by atoms with Gasteiger partial charge in [-0.1, -0.05) is 6.08 Å². The topological polar surface area (TPSA) is 40.1 Å². The predicted molar refractivity (Wildman–Crippen MR) is 108 cm³/mol. The van der Waals surface area contributed by atoms with E-state index in [9.17, 15) is 0 Å². The minimum atomic E-state index is 0. The van der Waals surface area contributed by atoms with Crippen molar-refractivity contribution in [1.29, 1.82) is 0 Å². The van der Waals surface area contributed by atoms with Crippen LogP contribution in [-0.2, 0) is 4.74 Å². The fraction of sp³-hybridized carbons (Fsp3) is 0.824. The smallest absolute Gasteiger partial charge is 0.193 e. The van der Waals surface area contributed by atoms with Crippen molar-refractivity contribution in [2.24, 2.45) is 4.99 Å². The summed E-state index contributed by atoms with van der Waals surface area (Å²) in [4.78, 5) is 9.56. The SMILES string of the molecule is C=CCCCN(C)C(=NCC1CN2CCCC2CO1)NCC.I. The number of hydrogen-bond donors (Lipinski definition) is 1. The van der Waals surface area contributed by atoms with Crippen LogP contribution >= 0.6 is 24.0 Å². The molecule has 0 aromatic rings. The van der Waals surface area contributed by atoms with Gasteiger partial charge in [-0.2, -0.15) is 0 Å². The van der Waals surface area contributed by atoms with Crippen molar-refractivity contribution >= 4 is 29.9 Å². The highest BCUT2D eigenvalue weighted by Crippen LogP contribution is 2.22. The second-order valence-corrected chi connectivity index (χ2v) is 6.29. The first-order valence-corrected chi connectivity index (χ1v) is 8.70. The quantitative estimate of drug-likeness (QED) is 0.219. The second kappa shape index (κ2) is 11.3. The summed E-state index contributed by atoms with van der Waals surface area (Å²) < 4.78 is 5.99. The number of nitrogens with one attached hydrogen (secondary N) is 1. The van der Waals surface area contributed by atoms with Gasteiger partial charge in [-0.25, -0.2) is 0 Å². The van der Waals surface area contributed by atoms with Crippen LogP contribution in [0.4, 0.5) is 0 Å². The Morgan fingerprint density at radius 1 is 1.52 bits per heavy atom. The van der Waals surface area contributed by atoms with E-state index in [1.165, 1.54) is 19.4 Å². The molecule has 0 aliphatic carbocycles. The van der Waals surface area contributed by atoms with Gasteiger partial charge in [0.15, 0.2) is 5.96 Å². The summed E-state index contributed by atoms with van der Waals surface area (Å²) in [5.74, 6) is 0.985. The average Bonchev–Trinajstić information content (AvgIpc) is 2.99. The minimum absolute atomic E-state index is 0. The van der Waals surface area contributed by atoms with E-state index in [4.69, 9.17) is 9.73 Å². The largest absolute Gasteiger partial charge is 0.373 e. The van der Waals surface area contributed by atoms with E-state index in [-0.39, 0.29) is 30.1 Å². The van der Waals surface area contributed by atoms with Gasteiger partial charge in [0.2, 0.25) is 0 Å². The number of aliphatic imine (C=N–C) groups is 1. The van der Waals surface area contributed by atoms with Gasteiger partial charge in [0.05, 0.1) is 19.3 Å². The maximum atomic E-state index is 5.99. The highest BCUT2D eigenvalue weighted by molar-refractivity contribution is 14.0. The summed E-state index contributed by atoms with van der Waals surface area (Å²) in [6, 6.07) is 0.662. The van der Waals surface area contributed by atoms with Crippen LogP contribution in [0.5, 0.6) is 0 Å². The molecule has 2 fully saturated rings. The lowest BCUT2D eigenvalue weighted by Gasteiger charge is -2.34. The molecule has 0 spiro atoms. The molecule has 0 aromatic heterocycles. The summed E-state index contributed by atoms with van der Waals surface area (Å²) in [6.45, 7) is 11.7. The van der Waals surface area contributed by atoms with Crippen molar-refractivity contribution < 1.29 is 4.74 Å². The van der Waals surface area contributed by atoms with E-state index in [1.54, 1.807) is 0 Å². The number of guanidine groups is 1. The molecule has 5 nitrogen and oxygen atoms in total. The zero-order valence-corrected chi connectivity index (χ0v) is 17.0. The Kier molecular flexibility index (Phi) is 10.1. The molecular weight excluding hydrogens is 403 g/mol. The molecule has 0 bridgehead atoms. The molecule has 0 radical (unpaired) electrons. The number of morpholine rings is 1. The van der Waals surface area contributed by atoms with Crippen LogP contribution in [0.3, 0.4) is 0 Å². The van der Waals surface area contributed by atoms with E-state index >= 15 is 0 Å². The van der Waals surface area contributed by atoms with Crippen LogP contribution < -0.4 is 5.32 Å². The highest BCUT2D eigenvalue weighted by atomic mass is 127. The van der Waals surface area contributed by atoms with Gasteiger partial charge in [-0.15, -0.1) is 30.6 Å². The summed E-state index contributed by atoms with van der Waals surface area (Å²) in [5.41, 5.74) is 0. The number of allylic oxidation sites excluding steroid dienone is 1.